The number of rotatable bonds is 5. The second-order valence-electron chi connectivity index (χ2n) is 6.66. The average molecular weight is 361 g/mol. The smallest absolute Gasteiger partial charge is 0.269 e. The number of aromatic nitrogens is 2. The number of hydrogen-bond donors (Lipinski definition) is 3. The van der Waals surface area contributed by atoms with Crippen LogP contribution in [0.15, 0.2) is 71.3 Å². The van der Waals surface area contributed by atoms with E-state index in [9.17, 15) is 9.90 Å². The van der Waals surface area contributed by atoms with Gasteiger partial charge in [0, 0.05) is 5.56 Å². The van der Waals surface area contributed by atoms with Gasteiger partial charge in [-0.3, -0.25) is 9.89 Å². The normalized spacial score (nSPS) is 13.4. The Bertz CT molecular complexity index is 1080. The molecule has 0 aliphatic heterocycles. The maximum Gasteiger partial charge on any atom is 0.269 e. The van der Waals surface area contributed by atoms with Crippen molar-refractivity contribution in [3.63, 3.8) is 0 Å². The van der Waals surface area contributed by atoms with Crippen LogP contribution in [0.5, 0.6) is 0 Å². The van der Waals surface area contributed by atoms with E-state index in [2.05, 4.69) is 15.5 Å². The molecule has 1 amide bonds. The highest BCUT2D eigenvalue weighted by atomic mass is 16.4. The third kappa shape index (κ3) is 3.47. The number of amides is 1. The number of benzene rings is 2. The number of fused-ring (bicyclic) bond motifs is 1. The molecule has 4 aromatic rings. The summed E-state index contributed by atoms with van der Waals surface area (Å²) in [5.41, 5.74) is 0.643. The maximum absolute atomic E-state index is 12.4. The molecule has 0 saturated carbocycles. The molecule has 0 saturated heterocycles. The van der Waals surface area contributed by atoms with Gasteiger partial charge in [-0.15, -0.1) is 0 Å². The van der Waals surface area contributed by atoms with E-state index in [0.717, 1.165) is 16.3 Å². The van der Waals surface area contributed by atoms with Crippen molar-refractivity contribution in [2.45, 2.75) is 12.5 Å². The van der Waals surface area contributed by atoms with Crippen LogP contribution in [-0.2, 0) is 5.60 Å². The molecule has 2 aromatic heterocycles. The summed E-state index contributed by atoms with van der Waals surface area (Å²) < 4.78 is 5.21. The minimum absolute atomic E-state index is 0.0175. The molecule has 1 atom stereocenters. The number of carbonyl (C=O) groups is 1. The molecule has 6 heteroatoms. The molecular formula is C21H19N3O3. The lowest BCUT2D eigenvalue weighted by atomic mass is 10.0. The Hall–Kier alpha value is -3.38. The number of nitrogens with one attached hydrogen (secondary N) is 2. The number of carbonyl (C=O) groups excluding carboxylic acids is 1. The Morgan fingerprint density at radius 3 is 2.74 bits per heavy atom. The molecule has 0 radical (unpaired) electrons. The summed E-state index contributed by atoms with van der Waals surface area (Å²) in [7, 11) is 0. The SMILES string of the molecule is CC(O)(CNC(=O)c1cc(-c2ccc3ccccc3c2)n[nH]1)c1ccco1. The van der Waals surface area contributed by atoms with Gasteiger partial charge in [0.1, 0.15) is 17.1 Å². The third-order valence-corrected chi connectivity index (χ3v) is 4.51. The molecule has 2 aromatic carbocycles. The van der Waals surface area contributed by atoms with Crippen LogP contribution < -0.4 is 5.32 Å². The molecule has 6 nitrogen and oxygen atoms in total. The largest absolute Gasteiger partial charge is 0.466 e. The summed E-state index contributed by atoms with van der Waals surface area (Å²) in [6.07, 6.45) is 1.48. The second kappa shape index (κ2) is 6.74. The highest BCUT2D eigenvalue weighted by molar-refractivity contribution is 5.94. The average Bonchev–Trinajstić information content (AvgIpc) is 3.38. The number of nitrogens with zero attached hydrogens (tertiary/aromatic N) is 1. The fourth-order valence-corrected chi connectivity index (χ4v) is 2.95. The van der Waals surface area contributed by atoms with Crippen LogP contribution in [0.2, 0.25) is 0 Å². The zero-order chi connectivity index (χ0) is 18.9. The minimum Gasteiger partial charge on any atom is -0.466 e. The summed E-state index contributed by atoms with van der Waals surface area (Å²) >= 11 is 0. The van der Waals surface area contributed by atoms with E-state index in [-0.39, 0.29) is 12.5 Å². The number of H-pyrrole nitrogens is 1. The zero-order valence-corrected chi connectivity index (χ0v) is 14.8. The molecular weight excluding hydrogens is 342 g/mol. The van der Waals surface area contributed by atoms with Crippen molar-refractivity contribution >= 4 is 16.7 Å². The van der Waals surface area contributed by atoms with E-state index < -0.39 is 5.60 Å². The van der Waals surface area contributed by atoms with Gasteiger partial charge in [0.25, 0.3) is 5.91 Å². The van der Waals surface area contributed by atoms with E-state index in [1.165, 1.54) is 6.26 Å². The molecule has 0 aliphatic rings. The second-order valence-corrected chi connectivity index (χ2v) is 6.66. The van der Waals surface area contributed by atoms with Crippen LogP contribution in [0.3, 0.4) is 0 Å². The number of furan rings is 1. The monoisotopic (exact) mass is 361 g/mol. The first-order valence-corrected chi connectivity index (χ1v) is 8.62. The van der Waals surface area contributed by atoms with Crippen molar-refractivity contribution < 1.29 is 14.3 Å². The fourth-order valence-electron chi connectivity index (χ4n) is 2.95. The Labute approximate surface area is 155 Å². The summed E-state index contributed by atoms with van der Waals surface area (Å²) in [6.45, 7) is 1.60. The van der Waals surface area contributed by atoms with Crippen LogP contribution in [0.1, 0.15) is 23.2 Å². The van der Waals surface area contributed by atoms with Gasteiger partial charge < -0.3 is 14.8 Å². The van der Waals surface area contributed by atoms with Crippen LogP contribution in [0, 0.1) is 0 Å². The number of aliphatic hydroxyl groups is 1. The highest BCUT2D eigenvalue weighted by Crippen LogP contribution is 2.24. The zero-order valence-electron chi connectivity index (χ0n) is 14.8. The van der Waals surface area contributed by atoms with Crippen molar-refractivity contribution in [1.29, 1.82) is 0 Å². The van der Waals surface area contributed by atoms with Gasteiger partial charge in [0.15, 0.2) is 0 Å². The van der Waals surface area contributed by atoms with E-state index in [4.69, 9.17) is 4.42 Å². The molecule has 0 aliphatic carbocycles. The predicted octanol–water partition coefficient (Wildman–Crippen LogP) is 3.46. The lowest BCUT2D eigenvalue weighted by Gasteiger charge is -2.20. The molecule has 0 fully saturated rings. The van der Waals surface area contributed by atoms with Crippen LogP contribution in [-0.4, -0.2) is 27.8 Å². The van der Waals surface area contributed by atoms with Gasteiger partial charge in [0.05, 0.1) is 18.5 Å². The van der Waals surface area contributed by atoms with Gasteiger partial charge in [-0.1, -0.05) is 36.4 Å². The topological polar surface area (TPSA) is 91.1 Å². The molecule has 4 rings (SSSR count). The molecule has 0 spiro atoms. The molecule has 27 heavy (non-hydrogen) atoms. The van der Waals surface area contributed by atoms with E-state index in [1.54, 1.807) is 25.1 Å². The Morgan fingerprint density at radius 1 is 1.15 bits per heavy atom. The van der Waals surface area contributed by atoms with Crippen molar-refractivity contribution in [2.24, 2.45) is 0 Å². The lowest BCUT2D eigenvalue weighted by Crippen LogP contribution is -2.38. The van der Waals surface area contributed by atoms with E-state index >= 15 is 0 Å². The summed E-state index contributed by atoms with van der Waals surface area (Å²) in [6, 6.07) is 19.2. The first kappa shape index (κ1) is 17.1. The Kier molecular flexibility index (Phi) is 4.25. The summed E-state index contributed by atoms with van der Waals surface area (Å²) in [5.74, 6) is 0.0469. The summed E-state index contributed by atoms with van der Waals surface area (Å²) in [5, 5.41) is 22.4. The van der Waals surface area contributed by atoms with Gasteiger partial charge in [0.2, 0.25) is 0 Å². The third-order valence-electron chi connectivity index (χ3n) is 4.51. The fraction of sp³-hybridized carbons (Fsp3) is 0.143. The molecule has 2 heterocycles. The minimum atomic E-state index is -1.29. The lowest BCUT2D eigenvalue weighted by molar-refractivity contribution is 0.0329. The quantitative estimate of drug-likeness (QED) is 0.508. The number of hydrogen-bond acceptors (Lipinski definition) is 4. The molecule has 3 N–H and O–H groups in total. The van der Waals surface area contributed by atoms with Crippen LogP contribution in [0.4, 0.5) is 0 Å². The Morgan fingerprint density at radius 2 is 1.96 bits per heavy atom. The van der Waals surface area contributed by atoms with Gasteiger partial charge in [-0.25, -0.2) is 0 Å². The first-order valence-electron chi connectivity index (χ1n) is 8.62. The summed E-state index contributed by atoms with van der Waals surface area (Å²) in [4.78, 5) is 12.4. The predicted molar refractivity (Wildman–Crippen MR) is 102 cm³/mol. The van der Waals surface area contributed by atoms with Gasteiger partial charge >= 0.3 is 0 Å². The molecule has 136 valence electrons. The van der Waals surface area contributed by atoms with Crippen molar-refractivity contribution in [3.05, 3.63) is 78.4 Å². The standard InChI is InChI=1S/C21H19N3O3/c1-21(26,19-7-4-10-27-19)13-22-20(25)18-12-17(23-24-18)16-9-8-14-5-2-3-6-15(14)11-16/h2-12,26H,13H2,1H3,(H,22,25)(H,23,24). The van der Waals surface area contributed by atoms with Crippen molar-refractivity contribution in [3.8, 4) is 11.3 Å². The first-order chi connectivity index (χ1) is 13.0. The number of aromatic amines is 1. The molecule has 0 bridgehead atoms. The van der Waals surface area contributed by atoms with Crippen LogP contribution >= 0.6 is 0 Å². The van der Waals surface area contributed by atoms with Crippen molar-refractivity contribution in [2.75, 3.05) is 6.54 Å². The maximum atomic E-state index is 12.4. The van der Waals surface area contributed by atoms with Crippen LogP contribution in [0.25, 0.3) is 22.0 Å². The Balaban J connectivity index is 1.49. The van der Waals surface area contributed by atoms with Gasteiger partial charge in [-0.2, -0.15) is 5.10 Å². The highest BCUT2D eigenvalue weighted by Gasteiger charge is 2.27. The molecule has 1 unspecified atom stereocenters. The van der Waals surface area contributed by atoms with E-state index in [1.807, 2.05) is 42.5 Å². The van der Waals surface area contributed by atoms with Gasteiger partial charge in [-0.05, 0) is 42.0 Å². The van der Waals surface area contributed by atoms with Crippen molar-refractivity contribution in [1.82, 2.24) is 15.5 Å². The van der Waals surface area contributed by atoms with E-state index in [0.29, 0.717) is 17.1 Å².